The highest BCUT2D eigenvalue weighted by Gasteiger charge is 2.17. The average molecular weight is 240 g/mol. The number of thiazole rings is 1. The van der Waals surface area contributed by atoms with Crippen LogP contribution in [0, 0.1) is 6.92 Å². The average Bonchev–Trinajstić information content (AvgIpc) is 2.87. The molecule has 1 aliphatic carbocycles. The fourth-order valence-corrected chi connectivity index (χ4v) is 2.46. The summed E-state index contributed by atoms with van der Waals surface area (Å²) in [7, 11) is 0. The van der Waals surface area contributed by atoms with Crippen molar-refractivity contribution in [3.63, 3.8) is 0 Å². The number of nitrogens with zero attached hydrogens (tertiary/aromatic N) is 1. The number of nitrogens with one attached hydrogen (secondary N) is 1. The van der Waals surface area contributed by atoms with Gasteiger partial charge < -0.3 is 0 Å². The first-order valence-corrected chi connectivity index (χ1v) is 6.47. The van der Waals surface area contributed by atoms with Gasteiger partial charge in [-0.05, 0) is 19.8 Å². The van der Waals surface area contributed by atoms with E-state index < -0.39 is 0 Å². The number of aryl methyl sites for hydroxylation is 1. The Kier molecular flexibility index (Phi) is 3.90. The molecule has 1 aliphatic rings. The first kappa shape index (κ1) is 11.5. The van der Waals surface area contributed by atoms with Crippen molar-refractivity contribution in [2.24, 2.45) is 0 Å². The van der Waals surface area contributed by atoms with Gasteiger partial charge in [-0.2, -0.15) is 0 Å². The topological polar surface area (TPSA) is 51.2 Å². The molecule has 1 aromatic heterocycles. The van der Waals surface area contributed by atoms with Gasteiger partial charge in [0.25, 0.3) is 0 Å². The quantitative estimate of drug-likeness (QED) is 0.819. The summed E-state index contributed by atoms with van der Waals surface area (Å²) in [5.41, 5.74) is 3.32. The molecule has 1 saturated carbocycles. The SMILES string of the molecule is Cc1nc(CC(=O)NOC2CCCC2)cs1. The zero-order valence-electron chi connectivity index (χ0n) is 9.36. The molecule has 1 amide bonds. The first-order valence-electron chi connectivity index (χ1n) is 5.59. The number of hydroxylamine groups is 1. The zero-order valence-corrected chi connectivity index (χ0v) is 10.2. The third kappa shape index (κ3) is 3.28. The van der Waals surface area contributed by atoms with Gasteiger partial charge in [-0.15, -0.1) is 11.3 Å². The van der Waals surface area contributed by atoms with Gasteiger partial charge >= 0.3 is 0 Å². The second-order valence-electron chi connectivity index (χ2n) is 4.08. The minimum atomic E-state index is -0.114. The summed E-state index contributed by atoms with van der Waals surface area (Å²) in [5, 5.41) is 2.89. The van der Waals surface area contributed by atoms with Crippen molar-refractivity contribution in [1.29, 1.82) is 0 Å². The number of hydrogen-bond donors (Lipinski definition) is 1. The molecule has 16 heavy (non-hydrogen) atoms. The highest BCUT2D eigenvalue weighted by Crippen LogP contribution is 2.19. The second-order valence-corrected chi connectivity index (χ2v) is 5.15. The van der Waals surface area contributed by atoms with Crippen LogP contribution in [0.3, 0.4) is 0 Å². The molecule has 0 radical (unpaired) electrons. The number of carbonyl (C=O) groups excluding carboxylic acids is 1. The van der Waals surface area contributed by atoms with E-state index in [0.717, 1.165) is 23.5 Å². The van der Waals surface area contributed by atoms with Crippen LogP contribution in [0.2, 0.25) is 0 Å². The molecular formula is C11H16N2O2S. The van der Waals surface area contributed by atoms with Crippen molar-refractivity contribution in [2.45, 2.75) is 45.1 Å². The van der Waals surface area contributed by atoms with Gasteiger partial charge in [-0.25, -0.2) is 10.5 Å². The Balaban J connectivity index is 1.71. The molecule has 0 atom stereocenters. The highest BCUT2D eigenvalue weighted by atomic mass is 32.1. The van der Waals surface area contributed by atoms with E-state index in [1.54, 1.807) is 11.3 Å². The molecule has 0 saturated heterocycles. The summed E-state index contributed by atoms with van der Waals surface area (Å²) < 4.78 is 0. The number of carbonyl (C=O) groups is 1. The molecule has 0 spiro atoms. The fourth-order valence-electron chi connectivity index (χ4n) is 1.85. The molecule has 4 nitrogen and oxygen atoms in total. The van der Waals surface area contributed by atoms with Gasteiger partial charge in [-0.3, -0.25) is 9.63 Å². The van der Waals surface area contributed by atoms with Gasteiger partial charge in [-0.1, -0.05) is 12.8 Å². The van der Waals surface area contributed by atoms with Crippen LogP contribution < -0.4 is 5.48 Å². The van der Waals surface area contributed by atoms with Crippen molar-refractivity contribution < 1.29 is 9.63 Å². The number of rotatable bonds is 4. The predicted octanol–water partition coefficient (Wildman–Crippen LogP) is 1.98. The van der Waals surface area contributed by atoms with Crippen LogP contribution in [0.5, 0.6) is 0 Å². The van der Waals surface area contributed by atoms with Crippen LogP contribution in [0.25, 0.3) is 0 Å². The van der Waals surface area contributed by atoms with Gasteiger partial charge in [0.05, 0.1) is 23.2 Å². The molecule has 0 unspecified atom stereocenters. The second kappa shape index (κ2) is 5.41. The molecule has 0 aliphatic heterocycles. The smallest absolute Gasteiger partial charge is 0.249 e. The van der Waals surface area contributed by atoms with Crippen molar-refractivity contribution in [2.75, 3.05) is 0 Å². The van der Waals surface area contributed by atoms with E-state index in [9.17, 15) is 4.79 Å². The molecule has 1 fully saturated rings. The Labute approximate surface area is 99.0 Å². The minimum Gasteiger partial charge on any atom is -0.272 e. The van der Waals surface area contributed by atoms with Crippen LogP contribution in [0.4, 0.5) is 0 Å². The zero-order chi connectivity index (χ0) is 11.4. The Bertz CT molecular complexity index is 359. The molecule has 0 aromatic carbocycles. The third-order valence-corrected chi connectivity index (χ3v) is 3.47. The molecule has 1 N–H and O–H groups in total. The summed E-state index contributed by atoms with van der Waals surface area (Å²) in [5.74, 6) is -0.114. The first-order chi connectivity index (χ1) is 7.74. The van der Waals surface area contributed by atoms with E-state index in [1.165, 1.54) is 12.8 Å². The van der Waals surface area contributed by atoms with Crippen molar-refractivity contribution in [3.8, 4) is 0 Å². The monoisotopic (exact) mass is 240 g/mol. The van der Waals surface area contributed by atoms with E-state index in [1.807, 2.05) is 12.3 Å². The summed E-state index contributed by atoms with van der Waals surface area (Å²) >= 11 is 1.56. The molecule has 5 heteroatoms. The fraction of sp³-hybridized carbons (Fsp3) is 0.636. The lowest BCUT2D eigenvalue weighted by Crippen LogP contribution is -2.29. The molecule has 2 rings (SSSR count). The van der Waals surface area contributed by atoms with Gasteiger partial charge in [0.15, 0.2) is 0 Å². The standard InChI is InChI=1S/C11H16N2O2S/c1-8-12-9(7-16-8)6-11(14)13-15-10-4-2-3-5-10/h7,10H,2-6H2,1H3,(H,13,14). The maximum absolute atomic E-state index is 11.5. The largest absolute Gasteiger partial charge is 0.272 e. The van der Waals surface area contributed by atoms with Crippen LogP contribution in [0.1, 0.15) is 36.4 Å². The lowest BCUT2D eigenvalue weighted by atomic mass is 10.3. The lowest BCUT2D eigenvalue weighted by molar-refractivity contribution is -0.137. The Morgan fingerprint density at radius 1 is 1.62 bits per heavy atom. The van der Waals surface area contributed by atoms with E-state index in [4.69, 9.17) is 4.84 Å². The van der Waals surface area contributed by atoms with Crippen LogP contribution in [0.15, 0.2) is 5.38 Å². The minimum absolute atomic E-state index is 0.114. The summed E-state index contributed by atoms with van der Waals surface area (Å²) in [6, 6.07) is 0. The van der Waals surface area contributed by atoms with Crippen molar-refractivity contribution >= 4 is 17.2 Å². The lowest BCUT2D eigenvalue weighted by Gasteiger charge is -2.10. The maximum Gasteiger partial charge on any atom is 0.249 e. The van der Waals surface area contributed by atoms with Gasteiger partial charge in [0, 0.05) is 5.38 Å². The number of hydrogen-bond acceptors (Lipinski definition) is 4. The van der Waals surface area contributed by atoms with Crippen molar-refractivity contribution in [1.82, 2.24) is 10.5 Å². The molecular weight excluding hydrogens is 224 g/mol. The van der Waals surface area contributed by atoms with E-state index in [-0.39, 0.29) is 12.0 Å². The number of amides is 1. The van der Waals surface area contributed by atoms with E-state index >= 15 is 0 Å². The van der Waals surface area contributed by atoms with Gasteiger partial charge in [0.2, 0.25) is 5.91 Å². The molecule has 1 heterocycles. The van der Waals surface area contributed by atoms with Crippen molar-refractivity contribution in [3.05, 3.63) is 16.1 Å². The van der Waals surface area contributed by atoms with E-state index in [0.29, 0.717) is 6.42 Å². The van der Waals surface area contributed by atoms with Crippen LogP contribution in [-0.2, 0) is 16.1 Å². The molecule has 1 aromatic rings. The van der Waals surface area contributed by atoms with Gasteiger partial charge in [0.1, 0.15) is 0 Å². The van der Waals surface area contributed by atoms with Crippen LogP contribution >= 0.6 is 11.3 Å². The normalized spacial score (nSPS) is 16.6. The summed E-state index contributed by atoms with van der Waals surface area (Å²) in [4.78, 5) is 21.1. The number of aromatic nitrogens is 1. The highest BCUT2D eigenvalue weighted by molar-refractivity contribution is 7.09. The van der Waals surface area contributed by atoms with E-state index in [2.05, 4.69) is 10.5 Å². The predicted molar refractivity (Wildman–Crippen MR) is 62.0 cm³/mol. The Morgan fingerprint density at radius 3 is 3.00 bits per heavy atom. The summed E-state index contributed by atoms with van der Waals surface area (Å²) in [6.07, 6.45) is 5.02. The Hall–Kier alpha value is -0.940. The molecule has 88 valence electrons. The third-order valence-electron chi connectivity index (χ3n) is 2.65. The molecule has 0 bridgehead atoms. The maximum atomic E-state index is 11.5. The van der Waals surface area contributed by atoms with Crippen LogP contribution in [-0.4, -0.2) is 17.0 Å². The summed E-state index contributed by atoms with van der Waals surface area (Å²) in [6.45, 7) is 1.93. The Morgan fingerprint density at radius 2 is 2.38 bits per heavy atom.